The number of fused-ring (bicyclic) bond motifs is 2. The molecule has 1 aromatic heterocycles. The molecule has 4 rings (SSSR count). The van der Waals surface area contributed by atoms with Gasteiger partial charge in [0.15, 0.2) is 0 Å². The predicted octanol–water partition coefficient (Wildman–Crippen LogP) is 2.37. The van der Waals surface area contributed by atoms with E-state index < -0.39 is 0 Å². The number of aromatic nitrogens is 1. The molecule has 1 aliphatic heterocycles. The number of amides is 2. The normalized spacial score (nSPS) is 19.3. The summed E-state index contributed by atoms with van der Waals surface area (Å²) in [5.74, 6) is 0.153. The van der Waals surface area contributed by atoms with Gasteiger partial charge >= 0.3 is 0 Å². The third kappa shape index (κ3) is 1.62. The smallest absolute Gasteiger partial charge is 0.262 e. The van der Waals surface area contributed by atoms with Crippen LogP contribution in [0.2, 0.25) is 0 Å². The highest BCUT2D eigenvalue weighted by atomic mass is 16.5. The Morgan fingerprint density at radius 1 is 1.14 bits per heavy atom. The standard InChI is InChI=1S/C17H14N2O3/c1-22-15-11-6-7-14(10(11)8-9-18-15)19-16(20)12-4-2-3-5-13(12)17(19)21/h2-5,8-9,14H,6-7H2,1H3. The highest BCUT2D eigenvalue weighted by Crippen LogP contribution is 2.42. The van der Waals surface area contributed by atoms with Gasteiger partial charge in [0.05, 0.1) is 24.3 Å². The van der Waals surface area contributed by atoms with Crippen LogP contribution >= 0.6 is 0 Å². The molecule has 0 spiro atoms. The number of methoxy groups -OCH3 is 1. The van der Waals surface area contributed by atoms with Crippen molar-refractivity contribution in [2.75, 3.05) is 7.11 Å². The molecule has 0 radical (unpaired) electrons. The lowest BCUT2D eigenvalue weighted by Gasteiger charge is -2.22. The Balaban J connectivity index is 1.78. The lowest BCUT2D eigenvalue weighted by Crippen LogP contribution is -2.33. The van der Waals surface area contributed by atoms with Gasteiger partial charge < -0.3 is 4.74 Å². The second kappa shape index (κ2) is 4.66. The van der Waals surface area contributed by atoms with Crippen LogP contribution in [0.25, 0.3) is 0 Å². The lowest BCUT2D eigenvalue weighted by atomic mass is 10.1. The molecule has 0 saturated heterocycles. The highest BCUT2D eigenvalue weighted by molar-refractivity contribution is 6.21. The maximum absolute atomic E-state index is 12.6. The van der Waals surface area contributed by atoms with E-state index in [1.807, 2.05) is 6.07 Å². The van der Waals surface area contributed by atoms with Crippen molar-refractivity contribution in [1.82, 2.24) is 9.88 Å². The van der Waals surface area contributed by atoms with Crippen molar-refractivity contribution in [2.45, 2.75) is 18.9 Å². The molecule has 1 aromatic carbocycles. The number of imide groups is 1. The van der Waals surface area contributed by atoms with Crippen LogP contribution in [-0.2, 0) is 6.42 Å². The zero-order valence-corrected chi connectivity index (χ0v) is 12.1. The molecule has 0 bridgehead atoms. The third-order valence-corrected chi connectivity index (χ3v) is 4.41. The van der Waals surface area contributed by atoms with Crippen molar-refractivity contribution in [3.63, 3.8) is 0 Å². The summed E-state index contributed by atoms with van der Waals surface area (Å²) in [6, 6.07) is 8.61. The molecular formula is C17H14N2O3. The predicted molar refractivity (Wildman–Crippen MR) is 78.8 cm³/mol. The van der Waals surface area contributed by atoms with Gasteiger partial charge in [-0.15, -0.1) is 0 Å². The summed E-state index contributed by atoms with van der Waals surface area (Å²) in [5, 5.41) is 0. The van der Waals surface area contributed by atoms with E-state index in [9.17, 15) is 9.59 Å². The van der Waals surface area contributed by atoms with Crippen molar-refractivity contribution < 1.29 is 14.3 Å². The second-order valence-electron chi connectivity index (χ2n) is 5.47. The molecule has 5 nitrogen and oxygen atoms in total. The van der Waals surface area contributed by atoms with Crippen LogP contribution in [0, 0.1) is 0 Å². The van der Waals surface area contributed by atoms with Gasteiger partial charge in [-0.3, -0.25) is 14.5 Å². The summed E-state index contributed by atoms with van der Waals surface area (Å²) < 4.78 is 5.28. The highest BCUT2D eigenvalue weighted by Gasteiger charge is 2.43. The third-order valence-electron chi connectivity index (χ3n) is 4.41. The van der Waals surface area contributed by atoms with Crippen LogP contribution in [0.1, 0.15) is 44.3 Å². The van der Waals surface area contributed by atoms with Gasteiger partial charge in [-0.05, 0) is 36.6 Å². The molecule has 5 heteroatoms. The van der Waals surface area contributed by atoms with Gasteiger partial charge in [-0.1, -0.05) is 12.1 Å². The molecule has 1 atom stereocenters. The molecule has 1 aliphatic carbocycles. The molecule has 22 heavy (non-hydrogen) atoms. The summed E-state index contributed by atoms with van der Waals surface area (Å²) in [4.78, 5) is 30.8. The number of hydrogen-bond acceptors (Lipinski definition) is 4. The summed E-state index contributed by atoms with van der Waals surface area (Å²) in [5.41, 5.74) is 2.93. The number of benzene rings is 1. The van der Waals surface area contributed by atoms with Crippen LogP contribution in [0.4, 0.5) is 0 Å². The molecular weight excluding hydrogens is 280 g/mol. The first-order valence-electron chi connectivity index (χ1n) is 7.21. The van der Waals surface area contributed by atoms with Crippen molar-refractivity contribution in [2.24, 2.45) is 0 Å². The average Bonchev–Trinajstić information content (AvgIpc) is 3.08. The van der Waals surface area contributed by atoms with Crippen molar-refractivity contribution in [3.8, 4) is 5.88 Å². The van der Waals surface area contributed by atoms with Gasteiger partial charge in [-0.25, -0.2) is 4.98 Å². The van der Waals surface area contributed by atoms with Gasteiger partial charge in [0.25, 0.3) is 11.8 Å². The minimum atomic E-state index is -0.237. The molecule has 1 unspecified atom stereocenters. The molecule has 0 saturated carbocycles. The Morgan fingerprint density at radius 2 is 1.82 bits per heavy atom. The molecule has 0 N–H and O–H groups in total. The van der Waals surface area contributed by atoms with Crippen molar-refractivity contribution >= 4 is 11.8 Å². The molecule has 2 aromatic rings. The number of nitrogens with zero attached hydrogens (tertiary/aromatic N) is 2. The Hall–Kier alpha value is -2.69. The van der Waals surface area contributed by atoms with E-state index in [-0.39, 0.29) is 17.9 Å². The number of pyridine rings is 1. The van der Waals surface area contributed by atoms with Gasteiger partial charge in [0.1, 0.15) is 0 Å². The summed E-state index contributed by atoms with van der Waals surface area (Å²) in [6.07, 6.45) is 3.13. The zero-order chi connectivity index (χ0) is 15.3. The summed E-state index contributed by atoms with van der Waals surface area (Å²) >= 11 is 0. The number of hydrogen-bond donors (Lipinski definition) is 0. The van der Waals surface area contributed by atoms with E-state index in [2.05, 4.69) is 4.98 Å². The van der Waals surface area contributed by atoms with Crippen LogP contribution < -0.4 is 4.74 Å². The van der Waals surface area contributed by atoms with E-state index in [0.717, 1.165) is 17.5 Å². The topological polar surface area (TPSA) is 59.5 Å². The van der Waals surface area contributed by atoms with E-state index in [4.69, 9.17) is 4.74 Å². The lowest BCUT2D eigenvalue weighted by molar-refractivity contribution is 0.0582. The molecule has 2 heterocycles. The molecule has 0 fully saturated rings. The largest absolute Gasteiger partial charge is 0.481 e. The number of ether oxygens (including phenoxy) is 1. The molecule has 2 aliphatic rings. The minimum Gasteiger partial charge on any atom is -0.481 e. The first-order chi connectivity index (χ1) is 10.7. The minimum absolute atomic E-state index is 0.214. The molecule has 110 valence electrons. The number of carbonyl (C=O) groups excluding carboxylic acids is 2. The first-order valence-corrected chi connectivity index (χ1v) is 7.21. The van der Waals surface area contributed by atoms with E-state index in [0.29, 0.717) is 23.4 Å². The zero-order valence-electron chi connectivity index (χ0n) is 12.1. The maximum atomic E-state index is 12.6. The SMILES string of the molecule is COc1nccc2c1CCC2N1C(=O)c2ccccc2C1=O. The van der Waals surface area contributed by atoms with Gasteiger partial charge in [0, 0.05) is 11.8 Å². The van der Waals surface area contributed by atoms with E-state index in [1.165, 1.54) is 4.90 Å². The summed E-state index contributed by atoms with van der Waals surface area (Å²) in [6.45, 7) is 0. The van der Waals surface area contributed by atoms with Gasteiger partial charge in [-0.2, -0.15) is 0 Å². The van der Waals surface area contributed by atoms with Crippen molar-refractivity contribution in [1.29, 1.82) is 0 Å². The van der Waals surface area contributed by atoms with E-state index in [1.54, 1.807) is 37.6 Å². The number of carbonyl (C=O) groups is 2. The van der Waals surface area contributed by atoms with E-state index >= 15 is 0 Å². The first kappa shape index (κ1) is 13.0. The van der Waals surface area contributed by atoms with Crippen LogP contribution in [-0.4, -0.2) is 28.8 Å². The quantitative estimate of drug-likeness (QED) is 0.798. The number of rotatable bonds is 2. The fourth-order valence-electron chi connectivity index (χ4n) is 3.42. The van der Waals surface area contributed by atoms with Crippen LogP contribution in [0.15, 0.2) is 36.5 Å². The van der Waals surface area contributed by atoms with Crippen LogP contribution in [0.5, 0.6) is 5.88 Å². The Morgan fingerprint density at radius 3 is 2.45 bits per heavy atom. The Bertz CT molecular complexity index is 765. The van der Waals surface area contributed by atoms with Gasteiger partial charge in [0.2, 0.25) is 5.88 Å². The van der Waals surface area contributed by atoms with Crippen molar-refractivity contribution in [3.05, 3.63) is 58.8 Å². The summed E-state index contributed by atoms with van der Waals surface area (Å²) in [7, 11) is 1.58. The fourth-order valence-corrected chi connectivity index (χ4v) is 3.42. The fraction of sp³-hybridized carbons (Fsp3) is 0.235. The monoisotopic (exact) mass is 294 g/mol. The average molecular weight is 294 g/mol. The molecule has 2 amide bonds. The van der Waals surface area contributed by atoms with Crippen LogP contribution in [0.3, 0.4) is 0 Å². The Kier molecular flexibility index (Phi) is 2.76. The Labute approximate surface area is 127 Å². The maximum Gasteiger partial charge on any atom is 0.262 e. The second-order valence-corrected chi connectivity index (χ2v) is 5.47.